The highest BCUT2D eigenvalue weighted by molar-refractivity contribution is 8.93. The van der Waals surface area contributed by atoms with Gasteiger partial charge in [0.15, 0.2) is 0 Å². The van der Waals surface area contributed by atoms with Crippen LogP contribution in [0.4, 0.5) is 10.5 Å². The predicted octanol–water partition coefficient (Wildman–Crippen LogP) is 4.44. The van der Waals surface area contributed by atoms with E-state index in [-0.39, 0.29) is 17.0 Å². The number of methoxy groups -OCH3 is 2. The Kier molecular flexibility index (Phi) is 7.17. The number of aromatic nitrogens is 2. The molecular weight excluding hydrogens is 488 g/mol. The predicted molar refractivity (Wildman–Crippen MR) is 125 cm³/mol. The van der Waals surface area contributed by atoms with Crippen molar-refractivity contribution < 1.29 is 19.4 Å². The molecule has 4 rings (SSSR count). The van der Waals surface area contributed by atoms with Crippen molar-refractivity contribution in [2.75, 3.05) is 45.3 Å². The molecule has 1 aliphatic heterocycles. The summed E-state index contributed by atoms with van der Waals surface area (Å²) in [6.07, 6.45) is 3.81. The van der Waals surface area contributed by atoms with Gasteiger partial charge in [0.05, 0.1) is 24.9 Å². The molecule has 0 saturated carbocycles. The van der Waals surface area contributed by atoms with E-state index in [0.29, 0.717) is 36.2 Å². The lowest BCUT2D eigenvalue weighted by atomic mass is 10.1. The van der Waals surface area contributed by atoms with Crippen LogP contribution in [0.3, 0.4) is 0 Å². The number of hydrogen-bond donors (Lipinski definition) is 1. The molecule has 10 heteroatoms. The number of nitrogens with zero attached hydrogens (tertiary/aromatic N) is 4. The van der Waals surface area contributed by atoms with E-state index in [4.69, 9.17) is 26.1 Å². The van der Waals surface area contributed by atoms with Crippen LogP contribution in [0, 0.1) is 0 Å². The number of rotatable bonds is 4. The maximum atomic E-state index is 11.2. The Balaban J connectivity index is 0.00000272. The van der Waals surface area contributed by atoms with Crippen LogP contribution in [0.1, 0.15) is 6.42 Å². The first-order chi connectivity index (χ1) is 14.5. The highest BCUT2D eigenvalue weighted by Gasteiger charge is 2.19. The molecule has 1 amide bonds. The molecule has 2 aromatic heterocycles. The van der Waals surface area contributed by atoms with Gasteiger partial charge in [0.25, 0.3) is 0 Å². The topological polar surface area (TPSA) is 79.5 Å². The molecule has 0 bridgehead atoms. The number of halogens is 2. The lowest BCUT2D eigenvalue weighted by Crippen LogP contribution is -2.34. The van der Waals surface area contributed by atoms with Crippen LogP contribution in [0.5, 0.6) is 11.5 Å². The molecule has 1 aliphatic rings. The smallest absolute Gasteiger partial charge is 0.407 e. The second kappa shape index (κ2) is 9.65. The zero-order valence-corrected chi connectivity index (χ0v) is 19.7. The maximum absolute atomic E-state index is 11.2. The molecule has 1 aromatic carbocycles. The van der Waals surface area contributed by atoms with E-state index in [1.807, 2.05) is 28.9 Å². The third-order valence-corrected chi connectivity index (χ3v) is 5.62. The molecule has 0 unspecified atom stereocenters. The fourth-order valence-corrected chi connectivity index (χ4v) is 3.97. The van der Waals surface area contributed by atoms with Crippen molar-refractivity contribution in [2.24, 2.45) is 0 Å². The van der Waals surface area contributed by atoms with Gasteiger partial charge in [-0.25, -0.2) is 9.78 Å². The van der Waals surface area contributed by atoms with Crippen LogP contribution in [0.2, 0.25) is 5.02 Å². The summed E-state index contributed by atoms with van der Waals surface area (Å²) in [6, 6.07) is 7.57. The first kappa shape index (κ1) is 23.0. The standard InChI is InChI=1S/C21H23ClN4O4.BrH/c1-29-18-12-19(30-2)16(22)11-15(18)17-13-26-7-4-14(10-20(26)23-17)24-5-3-6-25(9-8-24)21(27)28;/h4,7,10-13H,3,5-6,8-9H2,1-2H3,(H,27,28);1H. The molecule has 0 radical (unpaired) electrons. The molecule has 3 heterocycles. The van der Waals surface area contributed by atoms with Crippen molar-refractivity contribution >= 4 is 46.0 Å². The maximum Gasteiger partial charge on any atom is 0.407 e. The first-order valence-electron chi connectivity index (χ1n) is 9.63. The number of amides is 1. The summed E-state index contributed by atoms with van der Waals surface area (Å²) in [4.78, 5) is 19.7. The molecule has 1 saturated heterocycles. The summed E-state index contributed by atoms with van der Waals surface area (Å²) >= 11 is 6.32. The lowest BCUT2D eigenvalue weighted by molar-refractivity contribution is 0.148. The van der Waals surface area contributed by atoms with E-state index in [1.165, 1.54) is 4.90 Å². The van der Waals surface area contributed by atoms with Gasteiger partial charge in [0, 0.05) is 62.0 Å². The van der Waals surface area contributed by atoms with Gasteiger partial charge in [-0.1, -0.05) is 11.6 Å². The number of hydrogen-bond acceptors (Lipinski definition) is 5. The number of benzene rings is 1. The Labute approximate surface area is 195 Å². The lowest BCUT2D eigenvalue weighted by Gasteiger charge is -2.22. The highest BCUT2D eigenvalue weighted by Crippen LogP contribution is 2.38. The van der Waals surface area contributed by atoms with Crippen molar-refractivity contribution in [3.05, 3.63) is 41.7 Å². The average molecular weight is 512 g/mol. The average Bonchev–Trinajstić information content (AvgIpc) is 3.00. The Morgan fingerprint density at radius 3 is 2.58 bits per heavy atom. The van der Waals surface area contributed by atoms with Crippen molar-refractivity contribution in [1.82, 2.24) is 14.3 Å². The molecule has 3 aromatic rings. The van der Waals surface area contributed by atoms with Crippen LogP contribution in [-0.2, 0) is 0 Å². The molecule has 1 N–H and O–H groups in total. The number of carbonyl (C=O) groups is 1. The molecule has 0 spiro atoms. The second-order valence-corrected chi connectivity index (χ2v) is 7.48. The van der Waals surface area contributed by atoms with Gasteiger partial charge in [-0.05, 0) is 18.6 Å². The SMILES string of the molecule is Br.COc1cc(OC)c(-c2cn3ccc(N4CCCN(C(=O)O)CC4)cc3n2)cc1Cl. The van der Waals surface area contributed by atoms with Crippen molar-refractivity contribution in [1.29, 1.82) is 0 Å². The Morgan fingerprint density at radius 1 is 1.10 bits per heavy atom. The Hall–Kier alpha value is -2.65. The van der Waals surface area contributed by atoms with Crippen molar-refractivity contribution in [2.45, 2.75) is 6.42 Å². The molecular formula is C21H24BrClN4O4. The molecule has 31 heavy (non-hydrogen) atoms. The summed E-state index contributed by atoms with van der Waals surface area (Å²) in [5, 5.41) is 9.72. The van der Waals surface area contributed by atoms with Crippen LogP contribution in [-0.4, -0.2) is 65.9 Å². The highest BCUT2D eigenvalue weighted by atomic mass is 79.9. The zero-order chi connectivity index (χ0) is 21.3. The van der Waals surface area contributed by atoms with Crippen LogP contribution < -0.4 is 14.4 Å². The van der Waals surface area contributed by atoms with Crippen LogP contribution >= 0.6 is 28.6 Å². The van der Waals surface area contributed by atoms with E-state index in [9.17, 15) is 9.90 Å². The number of anilines is 1. The Morgan fingerprint density at radius 2 is 1.87 bits per heavy atom. The fraction of sp³-hybridized carbons (Fsp3) is 0.333. The zero-order valence-electron chi connectivity index (χ0n) is 17.2. The van der Waals surface area contributed by atoms with Gasteiger partial charge in [-0.2, -0.15) is 0 Å². The summed E-state index contributed by atoms with van der Waals surface area (Å²) in [5.41, 5.74) is 3.32. The quantitative estimate of drug-likeness (QED) is 0.558. The Bertz CT molecular complexity index is 1090. The normalized spacial score (nSPS) is 14.2. The van der Waals surface area contributed by atoms with Crippen molar-refractivity contribution in [3.8, 4) is 22.8 Å². The van der Waals surface area contributed by atoms with Gasteiger partial charge in [-0.15, -0.1) is 17.0 Å². The van der Waals surface area contributed by atoms with E-state index in [2.05, 4.69) is 4.90 Å². The number of fused-ring (bicyclic) bond motifs is 1. The molecule has 166 valence electrons. The molecule has 1 fully saturated rings. The monoisotopic (exact) mass is 510 g/mol. The van der Waals surface area contributed by atoms with Crippen molar-refractivity contribution in [3.63, 3.8) is 0 Å². The largest absolute Gasteiger partial charge is 0.496 e. The van der Waals surface area contributed by atoms with Gasteiger partial charge in [-0.3, -0.25) is 0 Å². The summed E-state index contributed by atoms with van der Waals surface area (Å²) in [7, 11) is 3.16. The number of ether oxygens (including phenoxy) is 2. The van der Waals surface area contributed by atoms with Gasteiger partial charge < -0.3 is 28.8 Å². The third-order valence-electron chi connectivity index (χ3n) is 5.33. The molecule has 0 atom stereocenters. The van der Waals surface area contributed by atoms with E-state index in [1.54, 1.807) is 26.4 Å². The molecule has 0 aliphatic carbocycles. The number of pyridine rings is 1. The number of carboxylic acid groups (broad SMARTS) is 1. The van der Waals surface area contributed by atoms with E-state index in [0.717, 1.165) is 35.6 Å². The summed E-state index contributed by atoms with van der Waals surface area (Å²) in [5.74, 6) is 1.17. The minimum atomic E-state index is -0.864. The summed E-state index contributed by atoms with van der Waals surface area (Å²) < 4.78 is 12.7. The van der Waals surface area contributed by atoms with Crippen LogP contribution in [0.15, 0.2) is 36.7 Å². The van der Waals surface area contributed by atoms with E-state index >= 15 is 0 Å². The first-order valence-corrected chi connectivity index (χ1v) is 10.0. The molecule has 8 nitrogen and oxygen atoms in total. The second-order valence-electron chi connectivity index (χ2n) is 7.07. The van der Waals surface area contributed by atoms with Gasteiger partial charge in [0.1, 0.15) is 17.1 Å². The van der Waals surface area contributed by atoms with Gasteiger partial charge in [0.2, 0.25) is 0 Å². The third kappa shape index (κ3) is 4.67. The fourth-order valence-electron chi connectivity index (χ4n) is 3.72. The van der Waals surface area contributed by atoms with Crippen LogP contribution in [0.25, 0.3) is 16.9 Å². The minimum Gasteiger partial charge on any atom is -0.496 e. The van der Waals surface area contributed by atoms with Gasteiger partial charge >= 0.3 is 6.09 Å². The minimum absolute atomic E-state index is 0. The van der Waals surface area contributed by atoms with E-state index < -0.39 is 6.09 Å². The number of imidazole rings is 1. The summed E-state index contributed by atoms with van der Waals surface area (Å²) in [6.45, 7) is 2.49.